The lowest BCUT2D eigenvalue weighted by Gasteiger charge is -2.32. The van der Waals surface area contributed by atoms with Crippen LogP contribution in [0.25, 0.3) is 0 Å². The Morgan fingerprint density at radius 3 is 2.52 bits per heavy atom. The monoisotopic (exact) mass is 452 g/mol. The number of amides is 2. The molecule has 160 valence electrons. The molecule has 1 N–H and O–H groups in total. The minimum Gasteiger partial charge on any atom is -0.339 e. The van der Waals surface area contributed by atoms with E-state index in [1.807, 2.05) is 22.4 Å². The summed E-state index contributed by atoms with van der Waals surface area (Å²) in [7, 11) is 0. The molecule has 0 radical (unpaired) electrons. The summed E-state index contributed by atoms with van der Waals surface area (Å²) in [5.74, 6) is 0.417. The van der Waals surface area contributed by atoms with E-state index in [0.717, 1.165) is 38.8 Å². The number of aryl methyl sites for hydroxylation is 1. The number of thiophene rings is 1. The summed E-state index contributed by atoms with van der Waals surface area (Å²) in [5, 5.41) is 5.08. The van der Waals surface area contributed by atoms with Crippen LogP contribution in [0.5, 0.6) is 0 Å². The fourth-order valence-corrected chi connectivity index (χ4v) is 4.75. The van der Waals surface area contributed by atoms with E-state index in [2.05, 4.69) is 29.6 Å². The minimum atomic E-state index is -0.222. The third-order valence-corrected chi connectivity index (χ3v) is 6.99. The first-order valence-corrected chi connectivity index (χ1v) is 11.8. The van der Waals surface area contributed by atoms with Gasteiger partial charge in [-0.05, 0) is 66.8 Å². The van der Waals surface area contributed by atoms with Crippen molar-refractivity contribution in [2.24, 2.45) is 5.92 Å². The molecule has 0 bridgehead atoms. The predicted octanol–water partition coefficient (Wildman–Crippen LogP) is 6.14. The molecule has 1 aliphatic rings. The summed E-state index contributed by atoms with van der Waals surface area (Å²) in [4.78, 5) is 27.9. The topological polar surface area (TPSA) is 49.4 Å². The molecule has 2 heterocycles. The fourth-order valence-electron chi connectivity index (χ4n) is 3.97. The number of rotatable bonds is 6. The first-order valence-electron chi connectivity index (χ1n) is 10.6. The summed E-state index contributed by atoms with van der Waals surface area (Å²) in [6, 6.07) is 19.2. The van der Waals surface area contributed by atoms with Gasteiger partial charge in [-0.15, -0.1) is 11.3 Å². The van der Waals surface area contributed by atoms with E-state index in [9.17, 15) is 9.59 Å². The smallest absolute Gasteiger partial charge is 0.265 e. The lowest BCUT2D eigenvalue weighted by atomic mass is 9.90. The Kier molecular flexibility index (Phi) is 7.05. The second-order valence-corrected chi connectivity index (χ2v) is 9.24. The molecule has 2 aromatic carbocycles. The maximum absolute atomic E-state index is 13.0. The van der Waals surface area contributed by atoms with Gasteiger partial charge in [0.15, 0.2) is 0 Å². The number of carbonyl (C=O) groups excluding carboxylic acids is 2. The van der Waals surface area contributed by atoms with E-state index < -0.39 is 0 Å². The Hall–Kier alpha value is -2.63. The molecule has 3 aromatic rings. The van der Waals surface area contributed by atoms with Crippen molar-refractivity contribution in [2.75, 3.05) is 18.4 Å². The molecule has 6 heteroatoms. The molecule has 2 amide bonds. The van der Waals surface area contributed by atoms with Crippen molar-refractivity contribution in [2.45, 2.75) is 25.7 Å². The van der Waals surface area contributed by atoms with Gasteiger partial charge in [0.2, 0.25) is 0 Å². The van der Waals surface area contributed by atoms with Crippen molar-refractivity contribution in [3.05, 3.63) is 87.1 Å². The molecule has 31 heavy (non-hydrogen) atoms. The lowest BCUT2D eigenvalue weighted by molar-refractivity contribution is 0.0686. The molecular formula is C25H25ClN2O2S. The predicted molar refractivity (Wildman–Crippen MR) is 127 cm³/mol. The molecule has 0 aliphatic carbocycles. The highest BCUT2D eigenvalue weighted by Crippen LogP contribution is 2.27. The molecule has 4 rings (SSSR count). The van der Waals surface area contributed by atoms with Crippen molar-refractivity contribution in [1.82, 2.24) is 4.90 Å². The molecule has 1 aromatic heterocycles. The van der Waals surface area contributed by atoms with Crippen LogP contribution in [0, 0.1) is 5.92 Å². The van der Waals surface area contributed by atoms with Crippen molar-refractivity contribution < 1.29 is 9.59 Å². The maximum Gasteiger partial charge on any atom is 0.265 e. The number of anilines is 1. The van der Waals surface area contributed by atoms with Crippen molar-refractivity contribution >= 4 is 40.4 Å². The zero-order valence-corrected chi connectivity index (χ0v) is 18.8. The van der Waals surface area contributed by atoms with Gasteiger partial charge in [-0.25, -0.2) is 0 Å². The molecular weight excluding hydrogens is 428 g/mol. The standard InChI is InChI=1S/C25H25ClN2O2S/c26-21-11-10-20(17-22(21)27-24(29)23-7-4-16-31-23)25(30)28-14-12-19(13-15-28)9-8-18-5-2-1-3-6-18/h1-7,10-11,16-17,19H,8-9,12-15H2,(H,27,29). The van der Waals surface area contributed by atoms with Gasteiger partial charge < -0.3 is 10.2 Å². The highest BCUT2D eigenvalue weighted by atomic mass is 35.5. The Morgan fingerprint density at radius 1 is 1.03 bits per heavy atom. The highest BCUT2D eigenvalue weighted by Gasteiger charge is 2.24. The highest BCUT2D eigenvalue weighted by molar-refractivity contribution is 7.12. The second kappa shape index (κ2) is 10.1. The maximum atomic E-state index is 13.0. The number of halogens is 1. The Labute approximate surface area is 191 Å². The fraction of sp³-hybridized carbons (Fsp3) is 0.280. The van der Waals surface area contributed by atoms with Crippen molar-refractivity contribution in [3.63, 3.8) is 0 Å². The Morgan fingerprint density at radius 2 is 1.81 bits per heavy atom. The number of nitrogens with zero attached hydrogens (tertiary/aromatic N) is 1. The zero-order valence-electron chi connectivity index (χ0n) is 17.2. The normalized spacial score (nSPS) is 14.4. The average Bonchev–Trinajstić information content (AvgIpc) is 3.35. The number of benzene rings is 2. The van der Waals surface area contributed by atoms with Crippen molar-refractivity contribution in [3.8, 4) is 0 Å². The molecule has 1 fully saturated rings. The van der Waals surface area contributed by atoms with E-state index >= 15 is 0 Å². The summed E-state index contributed by atoms with van der Waals surface area (Å²) in [5.41, 5.74) is 2.39. The van der Waals surface area contributed by atoms with Gasteiger partial charge in [-0.3, -0.25) is 9.59 Å². The number of hydrogen-bond donors (Lipinski definition) is 1. The van der Waals surface area contributed by atoms with E-state index in [1.165, 1.54) is 16.9 Å². The average molecular weight is 453 g/mol. The van der Waals surface area contributed by atoms with Crippen LogP contribution in [0.1, 0.15) is 44.9 Å². The lowest BCUT2D eigenvalue weighted by Crippen LogP contribution is -2.38. The Bertz CT molecular complexity index is 1030. The van der Waals surface area contributed by atoms with Gasteiger partial charge in [0.05, 0.1) is 15.6 Å². The van der Waals surface area contributed by atoms with Crippen molar-refractivity contribution in [1.29, 1.82) is 0 Å². The van der Waals surface area contributed by atoms with E-state index in [1.54, 1.807) is 24.3 Å². The van der Waals surface area contributed by atoms with Gasteiger partial charge in [0.25, 0.3) is 11.8 Å². The number of hydrogen-bond acceptors (Lipinski definition) is 3. The first kappa shape index (κ1) is 21.6. The van der Waals surface area contributed by atoms with Gasteiger partial charge >= 0.3 is 0 Å². The quantitative estimate of drug-likeness (QED) is 0.488. The summed E-state index contributed by atoms with van der Waals surface area (Å²) in [6.45, 7) is 1.52. The third kappa shape index (κ3) is 5.54. The molecule has 1 saturated heterocycles. The molecule has 1 aliphatic heterocycles. The van der Waals surface area contributed by atoms with E-state index in [-0.39, 0.29) is 11.8 Å². The largest absolute Gasteiger partial charge is 0.339 e. The van der Waals surface area contributed by atoms with Crippen LogP contribution in [0.15, 0.2) is 66.0 Å². The van der Waals surface area contributed by atoms with Crippen LogP contribution in [0.3, 0.4) is 0 Å². The number of likely N-dealkylation sites (tertiary alicyclic amines) is 1. The zero-order chi connectivity index (χ0) is 21.6. The number of carbonyl (C=O) groups is 2. The summed E-state index contributed by atoms with van der Waals surface area (Å²) in [6.07, 6.45) is 4.29. The van der Waals surface area contributed by atoms with Crippen LogP contribution < -0.4 is 5.32 Å². The first-order chi connectivity index (χ1) is 15.1. The van der Waals surface area contributed by atoms with Crippen LogP contribution in [-0.4, -0.2) is 29.8 Å². The van der Waals surface area contributed by atoms with Crippen LogP contribution in [0.2, 0.25) is 5.02 Å². The van der Waals surface area contributed by atoms with Crippen LogP contribution in [-0.2, 0) is 6.42 Å². The number of piperidine rings is 1. The molecule has 4 nitrogen and oxygen atoms in total. The molecule has 0 unspecified atom stereocenters. The van der Waals surface area contributed by atoms with Gasteiger partial charge in [-0.2, -0.15) is 0 Å². The van der Waals surface area contributed by atoms with E-state index in [0.29, 0.717) is 27.1 Å². The SMILES string of the molecule is O=C(Nc1cc(C(=O)N2CCC(CCc3ccccc3)CC2)ccc1Cl)c1cccs1. The summed E-state index contributed by atoms with van der Waals surface area (Å²) < 4.78 is 0. The summed E-state index contributed by atoms with van der Waals surface area (Å²) >= 11 is 7.62. The van der Waals surface area contributed by atoms with Gasteiger partial charge in [-0.1, -0.05) is 48.0 Å². The molecule has 0 spiro atoms. The van der Waals surface area contributed by atoms with Crippen LogP contribution in [0.4, 0.5) is 5.69 Å². The van der Waals surface area contributed by atoms with Gasteiger partial charge in [0, 0.05) is 18.7 Å². The third-order valence-electron chi connectivity index (χ3n) is 5.79. The second-order valence-electron chi connectivity index (χ2n) is 7.89. The molecule has 0 saturated carbocycles. The van der Waals surface area contributed by atoms with E-state index in [4.69, 9.17) is 11.6 Å². The van der Waals surface area contributed by atoms with Gasteiger partial charge in [0.1, 0.15) is 0 Å². The number of nitrogens with one attached hydrogen (secondary N) is 1. The minimum absolute atomic E-state index is 0.00945. The Balaban J connectivity index is 1.34. The van der Waals surface area contributed by atoms with Crippen LogP contribution >= 0.6 is 22.9 Å². The molecule has 0 atom stereocenters.